The van der Waals surface area contributed by atoms with Gasteiger partial charge in [-0.2, -0.15) is 0 Å². The number of hydrogen-bond acceptors (Lipinski definition) is 4. The lowest BCUT2D eigenvalue weighted by atomic mass is 10.4. The lowest BCUT2D eigenvalue weighted by Gasteiger charge is -2.12. The molecule has 0 saturated carbocycles. The second kappa shape index (κ2) is 6.05. The van der Waals surface area contributed by atoms with E-state index in [1.54, 1.807) is 4.90 Å². The molecule has 1 N–H and O–H groups in total. The Labute approximate surface area is 96.0 Å². The van der Waals surface area contributed by atoms with Crippen molar-refractivity contribution in [2.75, 3.05) is 32.0 Å². The van der Waals surface area contributed by atoms with Crippen LogP contribution in [0.15, 0.2) is 0 Å². The van der Waals surface area contributed by atoms with Crippen molar-refractivity contribution in [3.63, 3.8) is 0 Å². The van der Waals surface area contributed by atoms with Crippen LogP contribution in [0.1, 0.15) is 19.8 Å². The fraction of sp³-hybridized carbons (Fsp3) is 0.889. The van der Waals surface area contributed by atoms with E-state index in [1.165, 1.54) is 0 Å². The molecular weight excluding hydrogens is 232 g/mol. The molecule has 0 aromatic heterocycles. The number of nitrogens with one attached hydrogen (secondary N) is 1. The van der Waals surface area contributed by atoms with Gasteiger partial charge in [0.2, 0.25) is 10.0 Å². The fourth-order valence-electron chi connectivity index (χ4n) is 1.47. The summed E-state index contributed by atoms with van der Waals surface area (Å²) in [6, 6.07) is 0. The number of ether oxygens (including phenoxy) is 1. The summed E-state index contributed by atoms with van der Waals surface area (Å²) in [7, 11) is -3.13. The monoisotopic (exact) mass is 250 g/mol. The number of sulfonamides is 1. The summed E-state index contributed by atoms with van der Waals surface area (Å²) in [5.41, 5.74) is 0. The normalized spacial score (nSPS) is 16.6. The van der Waals surface area contributed by atoms with E-state index in [0.29, 0.717) is 39.1 Å². The van der Waals surface area contributed by atoms with Crippen molar-refractivity contribution in [1.29, 1.82) is 0 Å². The summed E-state index contributed by atoms with van der Waals surface area (Å²) in [5.74, 6) is 0.152. The van der Waals surface area contributed by atoms with Gasteiger partial charge in [-0.1, -0.05) is 6.92 Å². The SMILES string of the molecule is CCCS(=O)(=O)NCCCN1CCOC1=O. The van der Waals surface area contributed by atoms with Crippen LogP contribution in [-0.2, 0) is 14.8 Å². The second-order valence-corrected chi connectivity index (χ2v) is 5.59. The Morgan fingerprint density at radius 3 is 2.81 bits per heavy atom. The van der Waals surface area contributed by atoms with Crippen molar-refractivity contribution in [1.82, 2.24) is 9.62 Å². The Morgan fingerprint density at radius 1 is 1.50 bits per heavy atom. The van der Waals surface area contributed by atoms with Crippen LogP contribution in [-0.4, -0.2) is 51.4 Å². The maximum Gasteiger partial charge on any atom is 0.409 e. The molecule has 0 spiro atoms. The van der Waals surface area contributed by atoms with Crippen molar-refractivity contribution in [2.45, 2.75) is 19.8 Å². The van der Waals surface area contributed by atoms with Gasteiger partial charge >= 0.3 is 6.09 Å². The lowest BCUT2D eigenvalue weighted by molar-refractivity contribution is 0.158. The molecule has 1 saturated heterocycles. The van der Waals surface area contributed by atoms with Gasteiger partial charge in [0.25, 0.3) is 0 Å². The van der Waals surface area contributed by atoms with E-state index in [0.717, 1.165) is 0 Å². The highest BCUT2D eigenvalue weighted by atomic mass is 32.2. The molecule has 1 aliphatic rings. The smallest absolute Gasteiger partial charge is 0.409 e. The highest BCUT2D eigenvalue weighted by Crippen LogP contribution is 2.03. The molecule has 16 heavy (non-hydrogen) atoms. The van der Waals surface area contributed by atoms with E-state index in [4.69, 9.17) is 4.74 Å². The molecule has 0 radical (unpaired) electrons. The largest absolute Gasteiger partial charge is 0.448 e. The molecule has 6 nitrogen and oxygen atoms in total. The topological polar surface area (TPSA) is 75.7 Å². The standard InChI is InChI=1S/C9H18N2O4S/c1-2-8-16(13,14)10-4-3-5-11-6-7-15-9(11)12/h10H,2-8H2,1H3. The minimum absolute atomic E-state index is 0.152. The van der Waals surface area contributed by atoms with Gasteiger partial charge < -0.3 is 9.64 Å². The van der Waals surface area contributed by atoms with E-state index in [2.05, 4.69) is 4.72 Å². The number of nitrogens with zero attached hydrogens (tertiary/aromatic N) is 1. The van der Waals surface area contributed by atoms with Gasteiger partial charge in [-0.05, 0) is 12.8 Å². The van der Waals surface area contributed by atoms with Crippen LogP contribution in [0.4, 0.5) is 4.79 Å². The van der Waals surface area contributed by atoms with Crippen molar-refractivity contribution in [3.05, 3.63) is 0 Å². The molecular formula is C9H18N2O4S. The van der Waals surface area contributed by atoms with E-state index < -0.39 is 10.0 Å². The average molecular weight is 250 g/mol. The highest BCUT2D eigenvalue weighted by molar-refractivity contribution is 7.89. The van der Waals surface area contributed by atoms with Gasteiger partial charge in [0.1, 0.15) is 6.61 Å². The van der Waals surface area contributed by atoms with E-state index >= 15 is 0 Å². The Bertz CT molecular complexity index is 328. The van der Waals surface area contributed by atoms with Crippen LogP contribution in [0.3, 0.4) is 0 Å². The summed E-state index contributed by atoms with van der Waals surface area (Å²) >= 11 is 0. The minimum atomic E-state index is -3.13. The zero-order chi connectivity index (χ0) is 12.0. The molecule has 1 rings (SSSR count). The van der Waals surface area contributed by atoms with Crippen LogP contribution in [0, 0.1) is 0 Å². The van der Waals surface area contributed by atoms with Crippen molar-refractivity contribution >= 4 is 16.1 Å². The molecule has 0 atom stereocenters. The zero-order valence-electron chi connectivity index (χ0n) is 9.44. The minimum Gasteiger partial charge on any atom is -0.448 e. The van der Waals surface area contributed by atoms with Gasteiger partial charge in [-0.15, -0.1) is 0 Å². The molecule has 7 heteroatoms. The molecule has 1 fully saturated rings. The van der Waals surface area contributed by atoms with Gasteiger partial charge in [-0.25, -0.2) is 17.9 Å². The number of rotatable bonds is 7. The molecule has 0 aromatic rings. The molecule has 94 valence electrons. The van der Waals surface area contributed by atoms with E-state index in [-0.39, 0.29) is 11.8 Å². The van der Waals surface area contributed by atoms with Gasteiger partial charge in [0.05, 0.1) is 12.3 Å². The van der Waals surface area contributed by atoms with Crippen LogP contribution < -0.4 is 4.72 Å². The summed E-state index contributed by atoms with van der Waals surface area (Å²) < 4.78 is 29.8. The Kier molecular flexibility index (Phi) is 5.01. The Hall–Kier alpha value is -0.820. The van der Waals surface area contributed by atoms with Gasteiger partial charge in [0, 0.05) is 13.1 Å². The third-order valence-electron chi connectivity index (χ3n) is 2.24. The number of carbonyl (C=O) groups excluding carboxylic acids is 1. The number of amides is 1. The molecule has 1 amide bonds. The fourth-order valence-corrected chi connectivity index (χ4v) is 2.60. The maximum atomic E-state index is 11.3. The van der Waals surface area contributed by atoms with Crippen LogP contribution in [0.5, 0.6) is 0 Å². The molecule has 0 aromatic carbocycles. The number of hydrogen-bond donors (Lipinski definition) is 1. The van der Waals surface area contributed by atoms with Gasteiger partial charge in [0.15, 0.2) is 0 Å². The Balaban J connectivity index is 2.14. The molecule has 1 aliphatic heterocycles. The molecule has 0 bridgehead atoms. The zero-order valence-corrected chi connectivity index (χ0v) is 10.3. The van der Waals surface area contributed by atoms with Crippen molar-refractivity contribution in [3.8, 4) is 0 Å². The van der Waals surface area contributed by atoms with E-state index in [1.807, 2.05) is 6.92 Å². The van der Waals surface area contributed by atoms with Crippen LogP contribution >= 0.6 is 0 Å². The second-order valence-electron chi connectivity index (χ2n) is 3.67. The summed E-state index contributed by atoms with van der Waals surface area (Å²) in [5, 5.41) is 0. The third-order valence-corrected chi connectivity index (χ3v) is 3.83. The van der Waals surface area contributed by atoms with Gasteiger partial charge in [-0.3, -0.25) is 0 Å². The predicted molar refractivity (Wildman–Crippen MR) is 59.6 cm³/mol. The summed E-state index contributed by atoms with van der Waals surface area (Å²) in [6.45, 7) is 3.75. The summed E-state index contributed by atoms with van der Waals surface area (Å²) in [4.78, 5) is 12.6. The average Bonchev–Trinajstić information content (AvgIpc) is 2.59. The third kappa shape index (κ3) is 4.36. The molecule has 0 aliphatic carbocycles. The first-order chi connectivity index (χ1) is 7.55. The molecule has 1 heterocycles. The maximum absolute atomic E-state index is 11.3. The van der Waals surface area contributed by atoms with Crippen molar-refractivity contribution in [2.24, 2.45) is 0 Å². The van der Waals surface area contributed by atoms with E-state index in [9.17, 15) is 13.2 Å². The van der Waals surface area contributed by atoms with Crippen LogP contribution in [0.25, 0.3) is 0 Å². The first-order valence-corrected chi connectivity index (χ1v) is 7.09. The Morgan fingerprint density at radius 2 is 2.25 bits per heavy atom. The quantitative estimate of drug-likeness (QED) is 0.653. The highest BCUT2D eigenvalue weighted by Gasteiger charge is 2.20. The first kappa shape index (κ1) is 13.2. The number of cyclic esters (lactones) is 1. The molecule has 0 unspecified atom stereocenters. The first-order valence-electron chi connectivity index (χ1n) is 5.44. The van der Waals surface area contributed by atoms with Crippen molar-refractivity contribution < 1.29 is 17.9 Å². The number of carbonyl (C=O) groups is 1. The lowest BCUT2D eigenvalue weighted by Crippen LogP contribution is -2.31. The predicted octanol–water partition coefficient (Wildman–Crippen LogP) is 0.158. The van der Waals surface area contributed by atoms with Crippen LogP contribution in [0.2, 0.25) is 0 Å². The summed E-state index contributed by atoms with van der Waals surface area (Å²) in [6.07, 6.45) is 0.905.